The molecule has 0 radical (unpaired) electrons. The summed E-state index contributed by atoms with van der Waals surface area (Å²) in [5.41, 5.74) is 0. The zero-order valence-electron chi connectivity index (χ0n) is 14.6. The summed E-state index contributed by atoms with van der Waals surface area (Å²) in [5, 5.41) is 3.21. The third-order valence-corrected chi connectivity index (χ3v) is 6.70. The highest BCUT2D eigenvalue weighted by molar-refractivity contribution is 9.10. The molecule has 1 heterocycles. The Labute approximate surface area is 158 Å². The molecular weight excluding hydrogens is 406 g/mol. The highest BCUT2D eigenvalue weighted by Crippen LogP contribution is 2.20. The fourth-order valence-corrected chi connectivity index (χ4v) is 4.48. The number of nitrogens with one attached hydrogen (secondary N) is 1. The number of carbonyl (C=O) groups excluding carboxylic acids is 1. The number of carbonyl (C=O) groups is 1. The molecule has 1 aromatic rings. The van der Waals surface area contributed by atoms with Crippen molar-refractivity contribution in [1.82, 2.24) is 14.5 Å². The van der Waals surface area contributed by atoms with Crippen molar-refractivity contribution in [2.45, 2.75) is 31.1 Å². The Morgan fingerprint density at radius 2 is 1.84 bits per heavy atom. The molecule has 0 spiro atoms. The number of halogens is 1. The topological polar surface area (TPSA) is 69.7 Å². The second-order valence-electron chi connectivity index (χ2n) is 6.09. The molecule has 6 nitrogen and oxygen atoms in total. The van der Waals surface area contributed by atoms with E-state index in [-0.39, 0.29) is 23.8 Å². The van der Waals surface area contributed by atoms with Gasteiger partial charge in [0, 0.05) is 50.2 Å². The van der Waals surface area contributed by atoms with Crippen LogP contribution in [-0.4, -0.2) is 62.8 Å². The van der Waals surface area contributed by atoms with E-state index in [1.54, 1.807) is 29.2 Å². The minimum absolute atomic E-state index is 0.0222. The van der Waals surface area contributed by atoms with Crippen molar-refractivity contribution in [2.75, 3.05) is 39.3 Å². The molecule has 1 N–H and O–H groups in total. The van der Waals surface area contributed by atoms with E-state index in [2.05, 4.69) is 21.2 Å². The normalized spacial score (nSPS) is 15.6. The third-order valence-electron chi connectivity index (χ3n) is 4.26. The van der Waals surface area contributed by atoms with E-state index in [0.29, 0.717) is 19.6 Å². The first-order valence-corrected chi connectivity index (χ1v) is 10.9. The molecule has 0 aromatic heterocycles. The van der Waals surface area contributed by atoms with Gasteiger partial charge in [-0.05, 0) is 30.7 Å². The molecule has 1 aliphatic heterocycles. The van der Waals surface area contributed by atoms with Gasteiger partial charge >= 0.3 is 0 Å². The summed E-state index contributed by atoms with van der Waals surface area (Å²) < 4.78 is 28.1. The van der Waals surface area contributed by atoms with E-state index < -0.39 is 10.0 Å². The molecule has 1 fully saturated rings. The summed E-state index contributed by atoms with van der Waals surface area (Å²) >= 11 is 3.32. The lowest BCUT2D eigenvalue weighted by molar-refractivity contribution is -0.131. The van der Waals surface area contributed by atoms with Crippen molar-refractivity contribution in [1.29, 1.82) is 0 Å². The van der Waals surface area contributed by atoms with Gasteiger partial charge in [0.25, 0.3) is 0 Å². The van der Waals surface area contributed by atoms with Crippen LogP contribution in [0.4, 0.5) is 0 Å². The second-order valence-corrected chi connectivity index (χ2v) is 8.95. The number of hydrogen-bond acceptors (Lipinski definition) is 4. The predicted molar refractivity (Wildman–Crippen MR) is 102 cm³/mol. The van der Waals surface area contributed by atoms with Crippen LogP contribution in [0.15, 0.2) is 33.6 Å². The van der Waals surface area contributed by atoms with E-state index in [1.807, 2.05) is 6.92 Å². The summed E-state index contributed by atoms with van der Waals surface area (Å²) in [7, 11) is -3.59. The van der Waals surface area contributed by atoms with Gasteiger partial charge in [-0.2, -0.15) is 4.31 Å². The van der Waals surface area contributed by atoms with Crippen LogP contribution < -0.4 is 5.32 Å². The van der Waals surface area contributed by atoms with Gasteiger partial charge < -0.3 is 10.2 Å². The maximum Gasteiger partial charge on any atom is 0.243 e. The van der Waals surface area contributed by atoms with Gasteiger partial charge in [-0.25, -0.2) is 8.42 Å². The van der Waals surface area contributed by atoms with Crippen LogP contribution in [0.25, 0.3) is 0 Å². The Morgan fingerprint density at radius 1 is 1.20 bits per heavy atom. The standard InChI is InChI=1S/C17H26BrN3O3S/c1-2-3-11-21(12-8-17(22)20-13-9-19-10-14-20)25(23,24)16-6-4-15(18)5-7-16/h4-7,19H,2-3,8-14H2,1H3. The maximum absolute atomic E-state index is 12.9. The number of sulfonamides is 1. The van der Waals surface area contributed by atoms with Crippen LogP contribution in [0.1, 0.15) is 26.2 Å². The van der Waals surface area contributed by atoms with Gasteiger partial charge in [-0.15, -0.1) is 0 Å². The molecule has 1 aromatic carbocycles. The monoisotopic (exact) mass is 431 g/mol. The number of hydrogen-bond donors (Lipinski definition) is 1. The Balaban J connectivity index is 2.06. The minimum Gasteiger partial charge on any atom is -0.340 e. The first-order chi connectivity index (χ1) is 11.9. The van der Waals surface area contributed by atoms with Crippen LogP contribution in [0.5, 0.6) is 0 Å². The summed E-state index contributed by atoms with van der Waals surface area (Å²) in [5.74, 6) is 0.0222. The van der Waals surface area contributed by atoms with Gasteiger partial charge in [0.1, 0.15) is 0 Å². The Bertz CT molecular complexity index is 658. The minimum atomic E-state index is -3.59. The molecule has 8 heteroatoms. The van der Waals surface area contributed by atoms with Gasteiger partial charge in [0.05, 0.1) is 4.90 Å². The first kappa shape index (κ1) is 20.4. The molecule has 0 unspecified atom stereocenters. The predicted octanol–water partition coefficient (Wildman–Crippen LogP) is 2.06. The highest BCUT2D eigenvalue weighted by atomic mass is 79.9. The van der Waals surface area contributed by atoms with Crippen molar-refractivity contribution in [3.63, 3.8) is 0 Å². The van der Waals surface area contributed by atoms with Crippen molar-refractivity contribution in [3.8, 4) is 0 Å². The second kappa shape index (κ2) is 9.66. The van der Waals surface area contributed by atoms with Gasteiger partial charge in [0.15, 0.2) is 0 Å². The van der Waals surface area contributed by atoms with E-state index in [9.17, 15) is 13.2 Å². The van der Waals surface area contributed by atoms with Gasteiger partial charge in [0.2, 0.25) is 15.9 Å². The molecule has 0 atom stereocenters. The van der Waals surface area contributed by atoms with Crippen molar-refractivity contribution < 1.29 is 13.2 Å². The Hall–Kier alpha value is -0.960. The van der Waals surface area contributed by atoms with Crippen LogP contribution in [0, 0.1) is 0 Å². The van der Waals surface area contributed by atoms with E-state index in [4.69, 9.17) is 0 Å². The van der Waals surface area contributed by atoms with E-state index in [0.717, 1.165) is 30.4 Å². The number of unbranched alkanes of at least 4 members (excludes halogenated alkanes) is 1. The fourth-order valence-electron chi connectivity index (χ4n) is 2.73. The molecule has 25 heavy (non-hydrogen) atoms. The van der Waals surface area contributed by atoms with Crippen molar-refractivity contribution >= 4 is 31.9 Å². The molecule has 0 saturated carbocycles. The lowest BCUT2D eigenvalue weighted by atomic mass is 10.3. The number of benzene rings is 1. The Kier molecular flexibility index (Phi) is 7.86. The van der Waals surface area contributed by atoms with E-state index in [1.165, 1.54) is 4.31 Å². The third kappa shape index (κ3) is 5.77. The van der Waals surface area contributed by atoms with Crippen molar-refractivity contribution in [2.24, 2.45) is 0 Å². The highest BCUT2D eigenvalue weighted by Gasteiger charge is 2.25. The average molecular weight is 432 g/mol. The lowest BCUT2D eigenvalue weighted by Gasteiger charge is -2.28. The number of piperazine rings is 1. The average Bonchev–Trinajstić information content (AvgIpc) is 2.62. The molecule has 1 saturated heterocycles. The molecule has 0 aliphatic carbocycles. The first-order valence-electron chi connectivity index (χ1n) is 8.69. The zero-order valence-corrected chi connectivity index (χ0v) is 17.0. The number of amides is 1. The van der Waals surface area contributed by atoms with Crippen LogP contribution in [0.2, 0.25) is 0 Å². The quantitative estimate of drug-likeness (QED) is 0.683. The Morgan fingerprint density at radius 3 is 2.44 bits per heavy atom. The largest absolute Gasteiger partial charge is 0.340 e. The molecule has 2 rings (SSSR count). The number of rotatable bonds is 8. The smallest absolute Gasteiger partial charge is 0.243 e. The van der Waals surface area contributed by atoms with Gasteiger partial charge in [-0.1, -0.05) is 29.3 Å². The summed E-state index contributed by atoms with van der Waals surface area (Å²) in [6, 6.07) is 6.63. The fraction of sp³-hybridized carbons (Fsp3) is 0.588. The van der Waals surface area contributed by atoms with Crippen LogP contribution in [-0.2, 0) is 14.8 Å². The zero-order chi connectivity index (χ0) is 18.3. The van der Waals surface area contributed by atoms with Crippen LogP contribution in [0.3, 0.4) is 0 Å². The molecule has 0 bridgehead atoms. The summed E-state index contributed by atoms with van der Waals surface area (Å²) in [4.78, 5) is 14.4. The maximum atomic E-state index is 12.9. The molecule has 1 amide bonds. The summed E-state index contributed by atoms with van der Waals surface area (Å²) in [6.07, 6.45) is 1.90. The van der Waals surface area contributed by atoms with Crippen molar-refractivity contribution in [3.05, 3.63) is 28.7 Å². The number of nitrogens with zero attached hydrogens (tertiary/aromatic N) is 2. The lowest BCUT2D eigenvalue weighted by Crippen LogP contribution is -2.47. The van der Waals surface area contributed by atoms with Crippen LogP contribution >= 0.6 is 15.9 Å². The van der Waals surface area contributed by atoms with Gasteiger partial charge in [-0.3, -0.25) is 4.79 Å². The van der Waals surface area contributed by atoms with E-state index >= 15 is 0 Å². The molecular formula is C17H26BrN3O3S. The molecule has 140 valence electrons. The molecule has 1 aliphatic rings. The SMILES string of the molecule is CCCCN(CCC(=O)N1CCNCC1)S(=O)(=O)c1ccc(Br)cc1. The summed E-state index contributed by atoms with van der Waals surface area (Å²) in [6.45, 7) is 5.65.